The number of benzene rings is 2. The molecule has 22 heavy (non-hydrogen) atoms. The van der Waals surface area contributed by atoms with Gasteiger partial charge in [-0.15, -0.1) is 0 Å². The Labute approximate surface area is 128 Å². The Morgan fingerprint density at radius 3 is 2.68 bits per heavy atom. The van der Waals surface area contributed by atoms with Crippen LogP contribution in [0.25, 0.3) is 17.0 Å². The van der Waals surface area contributed by atoms with Gasteiger partial charge in [-0.2, -0.15) is 0 Å². The van der Waals surface area contributed by atoms with E-state index in [9.17, 15) is 4.79 Å². The van der Waals surface area contributed by atoms with E-state index in [0.29, 0.717) is 11.3 Å². The van der Waals surface area contributed by atoms with Crippen LogP contribution in [-0.2, 0) is 6.42 Å². The van der Waals surface area contributed by atoms with Gasteiger partial charge in [0, 0.05) is 17.5 Å². The van der Waals surface area contributed by atoms with Crippen molar-refractivity contribution in [1.29, 1.82) is 0 Å². The maximum Gasteiger partial charge on any atom is 0.336 e. The molecule has 0 unspecified atom stereocenters. The summed E-state index contributed by atoms with van der Waals surface area (Å²) < 4.78 is 10.4. The third kappa shape index (κ3) is 3.09. The van der Waals surface area contributed by atoms with Gasteiger partial charge in [0.1, 0.15) is 11.3 Å². The fraction of sp³-hybridized carbons (Fsp3) is 0.105. The molecule has 3 aromatic rings. The van der Waals surface area contributed by atoms with Gasteiger partial charge in [0.2, 0.25) is 0 Å². The highest BCUT2D eigenvalue weighted by Gasteiger charge is 2.04. The molecule has 0 aliphatic rings. The molecule has 110 valence electrons. The second-order valence-corrected chi connectivity index (χ2v) is 4.97. The van der Waals surface area contributed by atoms with E-state index in [-0.39, 0.29) is 5.63 Å². The molecule has 0 fully saturated rings. The van der Waals surface area contributed by atoms with E-state index >= 15 is 0 Å². The molecule has 0 aliphatic heterocycles. The van der Waals surface area contributed by atoms with Crippen LogP contribution >= 0.6 is 0 Å². The zero-order valence-electron chi connectivity index (χ0n) is 12.3. The van der Waals surface area contributed by atoms with Crippen LogP contribution in [0.4, 0.5) is 0 Å². The highest BCUT2D eigenvalue weighted by Crippen LogP contribution is 2.23. The molecule has 1 aromatic heterocycles. The van der Waals surface area contributed by atoms with Crippen molar-refractivity contribution in [3.05, 3.63) is 82.2 Å². The lowest BCUT2D eigenvalue weighted by Gasteiger charge is -2.04. The minimum Gasteiger partial charge on any atom is -0.497 e. The number of allylic oxidation sites excluding steroid dienone is 1. The molecule has 0 saturated carbocycles. The Kier molecular flexibility index (Phi) is 4.05. The Morgan fingerprint density at radius 2 is 1.91 bits per heavy atom. The van der Waals surface area contributed by atoms with Crippen LogP contribution in [0.5, 0.6) is 5.75 Å². The second-order valence-electron chi connectivity index (χ2n) is 4.97. The number of hydrogen-bond acceptors (Lipinski definition) is 3. The van der Waals surface area contributed by atoms with Crippen molar-refractivity contribution >= 4 is 17.0 Å². The molecule has 0 radical (unpaired) electrons. The van der Waals surface area contributed by atoms with Gasteiger partial charge >= 0.3 is 5.63 Å². The third-order valence-electron chi connectivity index (χ3n) is 3.48. The van der Waals surface area contributed by atoms with Crippen LogP contribution in [0.3, 0.4) is 0 Å². The zero-order valence-corrected chi connectivity index (χ0v) is 12.3. The van der Waals surface area contributed by atoms with E-state index < -0.39 is 0 Å². The lowest BCUT2D eigenvalue weighted by Crippen LogP contribution is -1.98. The standard InChI is InChI=1S/C19H16O3/c1-21-16-10-11-17-15(12-19(20)22-18(17)13-16)9-5-8-14-6-3-2-4-7-14/h2-7,9-13H,8H2,1H3/b9-5-. The van der Waals surface area contributed by atoms with Crippen molar-refractivity contribution in [2.24, 2.45) is 0 Å². The summed E-state index contributed by atoms with van der Waals surface area (Å²) in [5.41, 5.74) is 2.25. The summed E-state index contributed by atoms with van der Waals surface area (Å²) in [6, 6.07) is 17.2. The average Bonchev–Trinajstić information content (AvgIpc) is 2.55. The molecule has 3 heteroatoms. The van der Waals surface area contributed by atoms with Crippen LogP contribution in [0, 0.1) is 0 Å². The van der Waals surface area contributed by atoms with Gasteiger partial charge in [0.25, 0.3) is 0 Å². The molecule has 0 N–H and O–H groups in total. The van der Waals surface area contributed by atoms with Crippen molar-refractivity contribution < 1.29 is 9.15 Å². The maximum absolute atomic E-state index is 11.7. The molecule has 0 bridgehead atoms. The van der Waals surface area contributed by atoms with Crippen LogP contribution in [0.2, 0.25) is 0 Å². The lowest BCUT2D eigenvalue weighted by atomic mass is 10.1. The fourth-order valence-corrected chi connectivity index (χ4v) is 2.37. The van der Waals surface area contributed by atoms with Crippen molar-refractivity contribution in [1.82, 2.24) is 0 Å². The smallest absolute Gasteiger partial charge is 0.336 e. The van der Waals surface area contributed by atoms with E-state index in [4.69, 9.17) is 9.15 Å². The summed E-state index contributed by atoms with van der Waals surface area (Å²) in [5, 5.41) is 0.893. The first-order chi connectivity index (χ1) is 10.8. The topological polar surface area (TPSA) is 39.4 Å². The van der Waals surface area contributed by atoms with E-state index in [2.05, 4.69) is 12.1 Å². The van der Waals surface area contributed by atoms with Gasteiger partial charge in [0.05, 0.1) is 7.11 Å². The van der Waals surface area contributed by atoms with Crippen molar-refractivity contribution in [2.75, 3.05) is 7.11 Å². The molecule has 3 nitrogen and oxygen atoms in total. The Bertz CT molecular complexity index is 861. The Hall–Kier alpha value is -2.81. The van der Waals surface area contributed by atoms with Crippen molar-refractivity contribution in [3.8, 4) is 5.75 Å². The fourth-order valence-electron chi connectivity index (χ4n) is 2.37. The number of methoxy groups -OCH3 is 1. The molecule has 0 aliphatic carbocycles. The summed E-state index contributed by atoms with van der Waals surface area (Å²) >= 11 is 0. The molecule has 0 amide bonds. The van der Waals surface area contributed by atoms with E-state index in [0.717, 1.165) is 17.4 Å². The first-order valence-corrected chi connectivity index (χ1v) is 7.08. The van der Waals surface area contributed by atoms with Crippen LogP contribution in [0.1, 0.15) is 11.1 Å². The zero-order chi connectivity index (χ0) is 15.4. The number of hydrogen-bond donors (Lipinski definition) is 0. The van der Waals surface area contributed by atoms with E-state index in [1.807, 2.05) is 42.5 Å². The van der Waals surface area contributed by atoms with Crippen LogP contribution in [-0.4, -0.2) is 7.11 Å². The lowest BCUT2D eigenvalue weighted by molar-refractivity contribution is 0.414. The summed E-state index contributed by atoms with van der Waals surface area (Å²) in [4.78, 5) is 11.7. The molecule has 0 atom stereocenters. The monoisotopic (exact) mass is 292 g/mol. The van der Waals surface area contributed by atoms with Gasteiger partial charge < -0.3 is 9.15 Å². The summed E-state index contributed by atoms with van der Waals surface area (Å²) in [7, 11) is 1.59. The summed E-state index contributed by atoms with van der Waals surface area (Å²) in [6.07, 6.45) is 4.82. The van der Waals surface area contributed by atoms with Gasteiger partial charge in [-0.25, -0.2) is 4.79 Å². The quantitative estimate of drug-likeness (QED) is 0.681. The first-order valence-electron chi connectivity index (χ1n) is 7.08. The summed E-state index contributed by atoms with van der Waals surface area (Å²) in [5.74, 6) is 0.668. The first kappa shape index (κ1) is 14.1. The maximum atomic E-state index is 11.7. The van der Waals surface area contributed by atoms with Crippen LogP contribution < -0.4 is 10.4 Å². The number of rotatable bonds is 4. The molecule has 2 aromatic carbocycles. The Balaban J connectivity index is 1.94. The Morgan fingerprint density at radius 1 is 1.09 bits per heavy atom. The molecular formula is C19H16O3. The van der Waals surface area contributed by atoms with E-state index in [1.54, 1.807) is 13.2 Å². The SMILES string of the molecule is COc1ccc2c(/C=C\Cc3ccccc3)cc(=O)oc2c1. The summed E-state index contributed by atoms with van der Waals surface area (Å²) in [6.45, 7) is 0. The normalized spacial score (nSPS) is 11.1. The van der Waals surface area contributed by atoms with Crippen LogP contribution in [0.15, 0.2) is 69.9 Å². The predicted molar refractivity (Wildman–Crippen MR) is 88.2 cm³/mol. The van der Waals surface area contributed by atoms with Gasteiger partial charge in [0.15, 0.2) is 0 Å². The highest BCUT2D eigenvalue weighted by atomic mass is 16.5. The van der Waals surface area contributed by atoms with Gasteiger partial charge in [-0.05, 0) is 29.7 Å². The van der Waals surface area contributed by atoms with E-state index in [1.165, 1.54) is 11.6 Å². The van der Waals surface area contributed by atoms with Crippen molar-refractivity contribution in [3.63, 3.8) is 0 Å². The van der Waals surface area contributed by atoms with Gasteiger partial charge in [-0.1, -0.05) is 42.5 Å². The van der Waals surface area contributed by atoms with Crippen molar-refractivity contribution in [2.45, 2.75) is 6.42 Å². The third-order valence-corrected chi connectivity index (χ3v) is 3.48. The highest BCUT2D eigenvalue weighted by molar-refractivity contribution is 5.87. The number of ether oxygens (including phenoxy) is 1. The molecule has 3 rings (SSSR count). The predicted octanol–water partition coefficient (Wildman–Crippen LogP) is 4.06. The average molecular weight is 292 g/mol. The second kappa shape index (κ2) is 6.31. The largest absolute Gasteiger partial charge is 0.497 e. The molecule has 0 spiro atoms. The number of fused-ring (bicyclic) bond motifs is 1. The molecular weight excluding hydrogens is 276 g/mol. The minimum atomic E-state index is -0.361. The molecule has 1 heterocycles. The van der Waals surface area contributed by atoms with Gasteiger partial charge in [-0.3, -0.25) is 0 Å². The molecule has 0 saturated heterocycles. The minimum absolute atomic E-state index is 0.361.